The number of phenols is 2. The van der Waals surface area contributed by atoms with Crippen LogP contribution in [0.25, 0.3) is 39.4 Å². The number of likely N-dealkylation sites (tertiary alicyclic amines) is 2. The number of ether oxygens (including phenoxy) is 4. The second kappa shape index (κ2) is 18.8. The van der Waals surface area contributed by atoms with Crippen molar-refractivity contribution in [2.45, 2.75) is 97.1 Å². The Bertz CT molecular complexity index is 3190. The molecule has 3 N–H and O–H groups in total. The molecule has 4 aliphatic heterocycles. The molecule has 3 amide bonds. The fraction of sp³-hybridized carbons (Fsp3) is 0.385. The number of cyclic esters (lactones) is 1. The first kappa shape index (κ1) is 46.9. The number of aromatic nitrogens is 5. The third-order valence-corrected chi connectivity index (χ3v) is 14.0. The van der Waals surface area contributed by atoms with Crippen molar-refractivity contribution in [2.75, 3.05) is 33.3 Å². The summed E-state index contributed by atoms with van der Waals surface area (Å²) in [7, 11) is 1.40. The summed E-state index contributed by atoms with van der Waals surface area (Å²) in [6, 6.07) is 16.4. The fourth-order valence-corrected chi connectivity index (χ4v) is 10.4. The SMILES string of the molecule is CCNC(=O)c1nnc(-c2cc(C(C)C)c(O)cc2O)n1-c1ccc(OC2CCN(C(=O)C3CCCN3C(=O)Oc3ccc4nc5c(c(CC)c4c3)Cn3c-5cc4c(c3=O)COC(=O)C4OC)CC2)cc1. The molecule has 0 aliphatic carbocycles. The average Bonchev–Trinajstić information content (AvgIpc) is 4.12. The van der Waals surface area contributed by atoms with Gasteiger partial charge in [-0.1, -0.05) is 20.8 Å². The zero-order chi connectivity index (χ0) is 49.8. The molecule has 2 fully saturated rings. The number of aryl methyl sites for hydroxylation is 1. The van der Waals surface area contributed by atoms with E-state index in [2.05, 4.69) is 15.5 Å². The van der Waals surface area contributed by atoms with Crippen LogP contribution in [0, 0.1) is 0 Å². The van der Waals surface area contributed by atoms with Crippen LogP contribution in [0.3, 0.4) is 0 Å². The molecular weight excluding hydrogens is 913 g/mol. The van der Waals surface area contributed by atoms with Crippen LogP contribution in [0.1, 0.15) is 104 Å². The summed E-state index contributed by atoms with van der Waals surface area (Å²) < 4.78 is 26.2. The standard InChI is InChI=1S/C52H54N8O11/c1-6-32-34-21-31(14-15-39(34)54-44-37(32)25-59-41(44)23-35-38(49(59)64)26-69-51(66)45(35)68-5)71-52(67)58-18-8-9-40(58)50(65)57-19-16-30(17-20-57)70-29-12-10-28(11-13-29)60-46(55-56-47(60)48(63)53-7-2)36-22-33(27(3)4)42(61)24-43(36)62/h10-15,21-24,27,30,40,45,61-62H,6-9,16-20,25-26H2,1-5H3,(H,53,63). The summed E-state index contributed by atoms with van der Waals surface area (Å²) in [5, 5.41) is 33.4. The van der Waals surface area contributed by atoms with Crippen LogP contribution in [-0.4, -0.2) is 114 Å². The van der Waals surface area contributed by atoms with Gasteiger partial charge in [-0.2, -0.15) is 0 Å². The Morgan fingerprint density at radius 2 is 1.66 bits per heavy atom. The largest absolute Gasteiger partial charge is 0.508 e. The lowest BCUT2D eigenvalue weighted by Gasteiger charge is -2.35. The molecule has 2 saturated heterocycles. The van der Waals surface area contributed by atoms with Crippen molar-refractivity contribution in [2.24, 2.45) is 0 Å². The Hall–Kier alpha value is -7.80. The van der Waals surface area contributed by atoms with E-state index in [9.17, 15) is 34.2 Å². The molecule has 3 aromatic heterocycles. The number of carbonyl (C=O) groups excluding carboxylic acids is 4. The number of pyridine rings is 2. The molecule has 3 aromatic carbocycles. The molecule has 4 aliphatic rings. The minimum atomic E-state index is -1.00. The highest BCUT2D eigenvalue weighted by molar-refractivity contribution is 5.93. The molecule has 2 unspecified atom stereocenters. The smallest absolute Gasteiger partial charge is 0.415 e. The summed E-state index contributed by atoms with van der Waals surface area (Å²) in [6.07, 6.45) is 1.12. The van der Waals surface area contributed by atoms with Gasteiger partial charge < -0.3 is 43.9 Å². The monoisotopic (exact) mass is 966 g/mol. The van der Waals surface area contributed by atoms with Gasteiger partial charge in [0.25, 0.3) is 11.5 Å². The van der Waals surface area contributed by atoms with Crippen LogP contribution in [0.5, 0.6) is 23.0 Å². The van der Waals surface area contributed by atoms with Crippen LogP contribution < -0.4 is 20.3 Å². The maximum atomic E-state index is 14.0. The van der Waals surface area contributed by atoms with Crippen LogP contribution in [0.2, 0.25) is 0 Å². The van der Waals surface area contributed by atoms with E-state index in [-0.39, 0.29) is 59.8 Å². The van der Waals surface area contributed by atoms with Gasteiger partial charge in [0, 0.05) is 74.4 Å². The molecule has 0 bridgehead atoms. The number of nitrogens with one attached hydrogen (secondary N) is 1. The highest BCUT2D eigenvalue weighted by atomic mass is 16.6. The first-order valence-corrected chi connectivity index (χ1v) is 24.0. The predicted molar refractivity (Wildman–Crippen MR) is 258 cm³/mol. The van der Waals surface area contributed by atoms with E-state index in [0.29, 0.717) is 115 Å². The van der Waals surface area contributed by atoms with Crippen molar-refractivity contribution >= 4 is 34.8 Å². The summed E-state index contributed by atoms with van der Waals surface area (Å²) >= 11 is 0. The fourth-order valence-electron chi connectivity index (χ4n) is 10.4. The lowest BCUT2D eigenvalue weighted by Crippen LogP contribution is -2.51. The molecule has 19 nitrogen and oxygen atoms in total. The first-order valence-electron chi connectivity index (χ1n) is 24.0. The van der Waals surface area contributed by atoms with Crippen molar-refractivity contribution in [1.29, 1.82) is 0 Å². The minimum absolute atomic E-state index is 0.0194. The topological polar surface area (TPSA) is 230 Å². The summed E-state index contributed by atoms with van der Waals surface area (Å²) in [5.41, 5.74) is 5.81. The number of aromatic hydroxyl groups is 2. The van der Waals surface area contributed by atoms with Gasteiger partial charge in [-0.05, 0) is 97.8 Å². The van der Waals surface area contributed by atoms with Crippen molar-refractivity contribution < 1.29 is 48.3 Å². The quantitative estimate of drug-likeness (QED) is 0.121. The number of rotatable bonds is 11. The first-order chi connectivity index (χ1) is 34.3. The van der Waals surface area contributed by atoms with Crippen molar-refractivity contribution in [3.63, 3.8) is 0 Å². The number of methoxy groups -OCH3 is 1. The number of nitrogens with zero attached hydrogens (tertiary/aromatic N) is 7. The maximum Gasteiger partial charge on any atom is 0.415 e. The van der Waals surface area contributed by atoms with Crippen LogP contribution >= 0.6 is 0 Å². The van der Waals surface area contributed by atoms with E-state index < -0.39 is 30.1 Å². The van der Waals surface area contributed by atoms with Crippen LogP contribution in [0.15, 0.2) is 65.5 Å². The molecule has 0 spiro atoms. The summed E-state index contributed by atoms with van der Waals surface area (Å²) in [5.74, 6) is -0.311. The Balaban J connectivity index is 0.793. The van der Waals surface area contributed by atoms with E-state index in [4.69, 9.17) is 23.9 Å². The lowest BCUT2D eigenvalue weighted by atomic mass is 9.97. The molecular formula is C52H54N8O11. The second-order valence-corrected chi connectivity index (χ2v) is 18.5. The van der Waals surface area contributed by atoms with Crippen LogP contribution in [-0.2, 0) is 38.6 Å². The molecule has 0 radical (unpaired) electrons. The predicted octanol–water partition coefficient (Wildman–Crippen LogP) is 6.30. The molecule has 71 heavy (non-hydrogen) atoms. The van der Waals surface area contributed by atoms with Gasteiger partial charge in [0.05, 0.1) is 34.6 Å². The van der Waals surface area contributed by atoms with Gasteiger partial charge in [-0.3, -0.25) is 23.9 Å². The Morgan fingerprint density at radius 3 is 2.38 bits per heavy atom. The van der Waals surface area contributed by atoms with Gasteiger partial charge in [0.15, 0.2) is 11.9 Å². The lowest BCUT2D eigenvalue weighted by molar-refractivity contribution is -0.159. The molecule has 19 heteroatoms. The third kappa shape index (κ3) is 8.36. The zero-order valence-corrected chi connectivity index (χ0v) is 40.1. The number of esters is 1. The number of hydrogen-bond acceptors (Lipinski definition) is 14. The summed E-state index contributed by atoms with van der Waals surface area (Å²) in [4.78, 5) is 75.5. The third-order valence-electron chi connectivity index (χ3n) is 14.0. The number of benzene rings is 3. The van der Waals surface area contributed by atoms with Gasteiger partial charge in [-0.25, -0.2) is 14.6 Å². The summed E-state index contributed by atoms with van der Waals surface area (Å²) in [6.45, 7) is 9.44. The van der Waals surface area contributed by atoms with E-state index in [0.717, 1.165) is 16.5 Å². The number of phenolic OH excluding ortho intramolecular Hbond substituents is 2. The van der Waals surface area contributed by atoms with E-state index in [1.807, 2.05) is 20.8 Å². The van der Waals surface area contributed by atoms with Crippen LogP contribution in [0.4, 0.5) is 4.79 Å². The van der Waals surface area contributed by atoms with Gasteiger partial charge in [-0.15, -0.1) is 10.2 Å². The highest BCUT2D eigenvalue weighted by Crippen LogP contribution is 2.41. The van der Waals surface area contributed by atoms with Gasteiger partial charge in [0.1, 0.15) is 41.8 Å². The minimum Gasteiger partial charge on any atom is -0.508 e. The number of fused-ring (bicyclic) bond motifs is 5. The van der Waals surface area contributed by atoms with E-state index in [1.165, 1.54) is 18.1 Å². The number of piperidine rings is 1. The molecule has 368 valence electrons. The number of hydrogen-bond donors (Lipinski definition) is 3. The zero-order valence-electron chi connectivity index (χ0n) is 40.1. The van der Waals surface area contributed by atoms with Crippen molar-refractivity contribution in [3.05, 3.63) is 105 Å². The van der Waals surface area contributed by atoms with E-state index in [1.54, 1.807) is 75.6 Å². The Kier molecular flexibility index (Phi) is 12.4. The number of amides is 3. The van der Waals surface area contributed by atoms with Gasteiger partial charge in [0.2, 0.25) is 11.7 Å². The molecule has 10 rings (SSSR count). The highest BCUT2D eigenvalue weighted by Gasteiger charge is 2.40. The molecule has 6 aromatic rings. The van der Waals surface area contributed by atoms with Gasteiger partial charge >= 0.3 is 12.1 Å². The van der Waals surface area contributed by atoms with Crippen molar-refractivity contribution in [3.8, 4) is 51.5 Å². The van der Waals surface area contributed by atoms with Crippen molar-refractivity contribution in [1.82, 2.24) is 39.4 Å². The maximum absolute atomic E-state index is 14.0. The van der Waals surface area contributed by atoms with E-state index >= 15 is 0 Å². The molecule has 2 atom stereocenters. The molecule has 7 heterocycles. The average molecular weight is 967 g/mol. The Labute approximate surface area is 407 Å². The normalized spacial score (nSPS) is 17.5. The second-order valence-electron chi connectivity index (χ2n) is 18.5. The Morgan fingerprint density at radius 1 is 0.901 bits per heavy atom. The number of carbonyl (C=O) groups is 4. The molecule has 0 saturated carbocycles.